The number of aromatic nitrogens is 1. The number of fused-ring (bicyclic) bond motifs is 8. The van der Waals surface area contributed by atoms with Crippen molar-refractivity contribution in [3.8, 4) is 0 Å². The Balaban J connectivity index is 1.87. The quantitative estimate of drug-likeness (QED) is 0.315. The zero-order valence-corrected chi connectivity index (χ0v) is 13.7. The van der Waals surface area contributed by atoms with Crippen molar-refractivity contribution in [1.82, 2.24) is 4.98 Å². The average Bonchev–Trinajstić information content (AvgIpc) is 3.18. The van der Waals surface area contributed by atoms with Crippen LogP contribution in [0.2, 0.25) is 0 Å². The van der Waals surface area contributed by atoms with Crippen LogP contribution in [-0.2, 0) is 0 Å². The van der Waals surface area contributed by atoms with Crippen LogP contribution in [0, 0.1) is 0 Å². The van der Waals surface area contributed by atoms with Crippen molar-refractivity contribution in [2.45, 2.75) is 0 Å². The molecule has 0 unspecified atom stereocenters. The van der Waals surface area contributed by atoms with E-state index in [1.165, 1.54) is 52.8 Å². The van der Waals surface area contributed by atoms with Gasteiger partial charge in [0.25, 0.3) is 0 Å². The molecule has 0 aliphatic rings. The molecule has 0 fully saturated rings. The predicted molar refractivity (Wildman–Crippen MR) is 106 cm³/mol. The van der Waals surface area contributed by atoms with Crippen molar-refractivity contribution >= 4 is 64.1 Å². The van der Waals surface area contributed by atoms with Crippen LogP contribution < -0.4 is 0 Å². The Morgan fingerprint density at radius 1 is 0.583 bits per heavy atom. The summed E-state index contributed by atoms with van der Waals surface area (Å²) in [5.41, 5.74) is 2.42. The molecule has 6 aromatic rings. The highest BCUT2D eigenvalue weighted by Crippen LogP contribution is 2.40. The van der Waals surface area contributed by atoms with Gasteiger partial charge >= 0.3 is 0 Å². The Kier molecular flexibility index (Phi) is 2.29. The maximum absolute atomic E-state index is 3.55. The molecule has 4 aromatic carbocycles. The Bertz CT molecular complexity index is 1400. The maximum atomic E-state index is 3.55. The van der Waals surface area contributed by atoms with Gasteiger partial charge in [-0.15, -0.1) is 11.3 Å². The number of benzene rings is 4. The van der Waals surface area contributed by atoms with Gasteiger partial charge in [-0.25, -0.2) is 0 Å². The molecule has 0 saturated heterocycles. The molecule has 2 aromatic heterocycles. The number of H-pyrrole nitrogens is 1. The van der Waals surface area contributed by atoms with Gasteiger partial charge in [0, 0.05) is 47.4 Å². The minimum atomic E-state index is 1.20. The number of thiophene rings is 1. The lowest BCUT2D eigenvalue weighted by Gasteiger charge is -2.01. The standard InChI is InChI=1S/C22H13NS/c1-3-7-19-14(5-1)18-12-17-13(11-20(18)23-19)9-10-16-15-6-2-4-8-21(15)24-22(16)17/h1-12,23H. The molecule has 1 nitrogen and oxygen atoms in total. The summed E-state index contributed by atoms with van der Waals surface area (Å²) >= 11 is 1.90. The maximum Gasteiger partial charge on any atom is 0.0471 e. The van der Waals surface area contributed by atoms with Gasteiger partial charge < -0.3 is 4.98 Å². The summed E-state index contributed by atoms with van der Waals surface area (Å²) in [6.07, 6.45) is 0. The summed E-state index contributed by atoms with van der Waals surface area (Å²) < 4.78 is 2.75. The smallest absolute Gasteiger partial charge is 0.0471 e. The number of para-hydroxylation sites is 1. The van der Waals surface area contributed by atoms with Gasteiger partial charge in [-0.05, 0) is 29.7 Å². The molecule has 1 N–H and O–H groups in total. The SMILES string of the molecule is c1ccc2c(c1)[nH]c1cc3ccc4c5ccccc5sc4c3cc12. The lowest BCUT2D eigenvalue weighted by atomic mass is 10.0. The molecule has 0 bridgehead atoms. The first-order valence-electron chi connectivity index (χ1n) is 8.13. The third-order valence-corrected chi connectivity index (χ3v) is 6.20. The van der Waals surface area contributed by atoms with E-state index >= 15 is 0 Å². The van der Waals surface area contributed by atoms with E-state index in [9.17, 15) is 0 Å². The van der Waals surface area contributed by atoms with E-state index in [-0.39, 0.29) is 0 Å². The van der Waals surface area contributed by atoms with Crippen LogP contribution in [0.4, 0.5) is 0 Å². The molecular formula is C22H13NS. The monoisotopic (exact) mass is 323 g/mol. The lowest BCUT2D eigenvalue weighted by molar-refractivity contribution is 1.55. The highest BCUT2D eigenvalue weighted by Gasteiger charge is 2.11. The van der Waals surface area contributed by atoms with E-state index in [0.29, 0.717) is 0 Å². The van der Waals surface area contributed by atoms with Gasteiger partial charge in [0.1, 0.15) is 0 Å². The minimum Gasteiger partial charge on any atom is -0.354 e. The second kappa shape index (κ2) is 4.37. The zero-order valence-electron chi connectivity index (χ0n) is 12.8. The normalized spacial score (nSPS) is 12.2. The molecule has 24 heavy (non-hydrogen) atoms. The van der Waals surface area contributed by atoms with Gasteiger partial charge in [0.15, 0.2) is 0 Å². The topological polar surface area (TPSA) is 15.8 Å². The van der Waals surface area contributed by atoms with Gasteiger partial charge in [0.05, 0.1) is 0 Å². The first kappa shape index (κ1) is 12.6. The fraction of sp³-hybridized carbons (Fsp3) is 0. The van der Waals surface area contributed by atoms with Crippen LogP contribution in [0.15, 0.2) is 72.8 Å². The molecule has 112 valence electrons. The Morgan fingerprint density at radius 3 is 2.38 bits per heavy atom. The van der Waals surface area contributed by atoms with Crippen molar-refractivity contribution in [3.63, 3.8) is 0 Å². The molecule has 0 radical (unpaired) electrons. The molecule has 0 aliphatic carbocycles. The molecular weight excluding hydrogens is 310 g/mol. The number of hydrogen-bond donors (Lipinski definition) is 1. The third kappa shape index (κ3) is 1.53. The zero-order chi connectivity index (χ0) is 15.7. The largest absolute Gasteiger partial charge is 0.354 e. The number of aromatic amines is 1. The summed E-state index contributed by atoms with van der Waals surface area (Å²) in [6.45, 7) is 0. The average molecular weight is 323 g/mol. The van der Waals surface area contributed by atoms with Crippen molar-refractivity contribution in [1.29, 1.82) is 0 Å². The van der Waals surface area contributed by atoms with E-state index < -0.39 is 0 Å². The molecule has 0 aliphatic heterocycles. The third-order valence-electron chi connectivity index (χ3n) is 4.98. The summed E-state index contributed by atoms with van der Waals surface area (Å²) in [5.74, 6) is 0. The van der Waals surface area contributed by atoms with Crippen LogP contribution in [0.5, 0.6) is 0 Å². The Morgan fingerprint density at radius 2 is 1.42 bits per heavy atom. The molecule has 2 heteroatoms. The molecule has 0 saturated carbocycles. The summed E-state index contributed by atoms with van der Waals surface area (Å²) in [5, 5.41) is 7.98. The molecule has 6 rings (SSSR count). The summed E-state index contributed by atoms with van der Waals surface area (Å²) in [4.78, 5) is 3.55. The Hall–Kier alpha value is -2.84. The first-order chi connectivity index (χ1) is 11.9. The second-order valence-corrected chi connectivity index (χ2v) is 7.38. The van der Waals surface area contributed by atoms with E-state index in [1.807, 2.05) is 11.3 Å². The van der Waals surface area contributed by atoms with E-state index in [4.69, 9.17) is 0 Å². The fourth-order valence-corrected chi connectivity index (χ4v) is 5.08. The van der Waals surface area contributed by atoms with E-state index in [2.05, 4.69) is 77.8 Å². The van der Waals surface area contributed by atoms with Crippen molar-refractivity contribution in [2.75, 3.05) is 0 Å². The molecule has 0 spiro atoms. The van der Waals surface area contributed by atoms with Crippen LogP contribution in [0.25, 0.3) is 52.8 Å². The van der Waals surface area contributed by atoms with Gasteiger partial charge in [-0.1, -0.05) is 48.5 Å². The van der Waals surface area contributed by atoms with Crippen molar-refractivity contribution in [2.24, 2.45) is 0 Å². The lowest BCUT2D eigenvalue weighted by Crippen LogP contribution is -1.75. The van der Waals surface area contributed by atoms with Gasteiger partial charge in [0.2, 0.25) is 0 Å². The first-order valence-corrected chi connectivity index (χ1v) is 8.94. The van der Waals surface area contributed by atoms with E-state index in [0.717, 1.165) is 0 Å². The van der Waals surface area contributed by atoms with Crippen molar-refractivity contribution < 1.29 is 0 Å². The summed E-state index contributed by atoms with van der Waals surface area (Å²) in [6, 6.07) is 26.4. The van der Waals surface area contributed by atoms with Gasteiger partial charge in [-0.3, -0.25) is 0 Å². The fourth-order valence-electron chi connectivity index (χ4n) is 3.85. The van der Waals surface area contributed by atoms with Gasteiger partial charge in [-0.2, -0.15) is 0 Å². The number of nitrogens with one attached hydrogen (secondary N) is 1. The van der Waals surface area contributed by atoms with Crippen LogP contribution in [-0.4, -0.2) is 4.98 Å². The summed E-state index contributed by atoms with van der Waals surface area (Å²) in [7, 11) is 0. The highest BCUT2D eigenvalue weighted by molar-refractivity contribution is 7.26. The van der Waals surface area contributed by atoms with Crippen LogP contribution >= 0.6 is 11.3 Å². The van der Waals surface area contributed by atoms with Crippen molar-refractivity contribution in [3.05, 3.63) is 72.8 Å². The second-order valence-electron chi connectivity index (χ2n) is 6.33. The molecule has 0 atom stereocenters. The number of hydrogen-bond acceptors (Lipinski definition) is 1. The highest BCUT2D eigenvalue weighted by atomic mass is 32.1. The number of rotatable bonds is 0. The van der Waals surface area contributed by atoms with E-state index in [1.54, 1.807) is 0 Å². The van der Waals surface area contributed by atoms with Crippen LogP contribution in [0.1, 0.15) is 0 Å². The predicted octanol–water partition coefficient (Wildman–Crippen LogP) is 6.84. The molecule has 0 amide bonds. The van der Waals surface area contributed by atoms with Crippen LogP contribution in [0.3, 0.4) is 0 Å². The molecule has 2 heterocycles. The Labute approximate surface area is 142 Å². The minimum absolute atomic E-state index is 1.20.